The number of piperidine rings is 1. The summed E-state index contributed by atoms with van der Waals surface area (Å²) in [6.45, 7) is 13.2. The van der Waals surface area contributed by atoms with E-state index >= 15 is 0 Å². The van der Waals surface area contributed by atoms with Gasteiger partial charge in [-0.15, -0.1) is 0 Å². The molecule has 1 saturated heterocycles. The monoisotopic (exact) mass is 971 g/mol. The molecule has 7 amide bonds. The van der Waals surface area contributed by atoms with Crippen molar-refractivity contribution in [2.75, 3.05) is 34.9 Å². The predicted molar refractivity (Wildman–Crippen MR) is 256 cm³/mol. The molecule has 0 aromatic heterocycles. The van der Waals surface area contributed by atoms with Crippen molar-refractivity contribution in [3.8, 4) is 0 Å². The molecule has 68 heavy (non-hydrogen) atoms. The van der Waals surface area contributed by atoms with E-state index in [0.29, 0.717) is 42.7 Å². The van der Waals surface area contributed by atoms with Crippen molar-refractivity contribution in [2.45, 2.75) is 155 Å². The lowest BCUT2D eigenvalue weighted by Gasteiger charge is -2.41. The third-order valence-corrected chi connectivity index (χ3v) is 14.6. The van der Waals surface area contributed by atoms with Crippen LogP contribution < -0.4 is 10.6 Å². The summed E-state index contributed by atoms with van der Waals surface area (Å²) in [7, 11) is 6.22. The molecule has 1 saturated carbocycles. The van der Waals surface area contributed by atoms with E-state index in [1.54, 1.807) is 55.1 Å². The van der Waals surface area contributed by atoms with Crippen LogP contribution in [0.4, 0.5) is 0 Å². The Labute approximate surface area is 407 Å². The number of nitrogens with one attached hydrogen (secondary N) is 2. The van der Waals surface area contributed by atoms with Crippen molar-refractivity contribution in [3.05, 3.63) is 47.0 Å². The van der Waals surface area contributed by atoms with Crippen LogP contribution in [0.5, 0.6) is 0 Å². The highest BCUT2D eigenvalue weighted by molar-refractivity contribution is 6.31. The van der Waals surface area contributed by atoms with Crippen LogP contribution in [0.15, 0.2) is 36.4 Å². The number of imide groups is 1. The number of methoxy groups -OCH3 is 2. The third-order valence-electron chi connectivity index (χ3n) is 14.2. The maximum absolute atomic E-state index is 14.6. The maximum atomic E-state index is 14.6. The summed E-state index contributed by atoms with van der Waals surface area (Å²) in [5, 5.41) is 16.1. The molecule has 2 fully saturated rings. The number of carboxylic acids is 1. The molecular weight excluding hydrogens is 896 g/mol. The van der Waals surface area contributed by atoms with Crippen molar-refractivity contribution in [1.29, 1.82) is 0 Å². The summed E-state index contributed by atoms with van der Waals surface area (Å²) >= 11 is 6.31. The fourth-order valence-corrected chi connectivity index (χ4v) is 10.2. The predicted octanol–water partition coefficient (Wildman–Crippen LogP) is 4.48. The molecular formula is C50H75ClN6O11. The minimum atomic E-state index is -1.25. The molecule has 8 unspecified atom stereocenters. The number of likely N-dealkylation sites (tertiary alicyclic amines) is 1. The zero-order chi connectivity index (χ0) is 50.7. The van der Waals surface area contributed by atoms with Gasteiger partial charge in [0.1, 0.15) is 18.1 Å². The van der Waals surface area contributed by atoms with Crippen LogP contribution in [0.1, 0.15) is 105 Å². The summed E-state index contributed by atoms with van der Waals surface area (Å²) in [4.78, 5) is 112. The van der Waals surface area contributed by atoms with Gasteiger partial charge in [-0.2, -0.15) is 0 Å². The largest absolute Gasteiger partial charge is 0.480 e. The second-order valence-corrected chi connectivity index (χ2v) is 20.0. The molecule has 2 aliphatic heterocycles. The molecule has 1 aromatic rings. The maximum Gasteiger partial charge on any atom is 0.326 e. The van der Waals surface area contributed by atoms with Crippen LogP contribution >= 0.6 is 11.6 Å². The lowest BCUT2D eigenvalue weighted by atomic mass is 9.89. The van der Waals surface area contributed by atoms with Gasteiger partial charge in [-0.25, -0.2) is 4.79 Å². The number of carbonyl (C=O) groups is 8. The number of ether oxygens (including phenoxy) is 2. The number of hydrogen-bond acceptors (Lipinski definition) is 10. The molecule has 2 heterocycles. The standard InChI is InChI=1S/C50H75ClN6O11/c1-12-30(6)45(55(9)49(64)43(28(2)3)53-48(63)44(29(4)5)54(8)39(58)20-14-13-17-23-56-40(59)21-22-41(56)60)38(67-10)27-42(61)57-36-25-33(36)26-37(57)46(68-11)31(7)47(62)52-35(50(65)66)24-32-18-15-16-19-34(32)51/h15-16,18-19,21-22,28-31,33,35-38,43-46H,12-14,17,20,23-27H2,1-11H3,(H,52,62)(H,53,63)(H,65,66)/t30?,31?,33-,35?,36-,37-,38?,43?,44?,45?,46?/m0/s1. The second kappa shape index (κ2) is 25.1. The third kappa shape index (κ3) is 13.7. The van der Waals surface area contributed by atoms with Gasteiger partial charge in [-0.3, -0.25) is 38.5 Å². The highest BCUT2D eigenvalue weighted by Gasteiger charge is 2.57. The van der Waals surface area contributed by atoms with E-state index in [4.69, 9.17) is 21.1 Å². The average Bonchev–Trinajstić information content (AvgIpc) is 3.84. The Kier molecular flexibility index (Phi) is 20.6. The minimum Gasteiger partial charge on any atom is -0.480 e. The number of rotatable bonds is 27. The van der Waals surface area contributed by atoms with Gasteiger partial charge in [0.2, 0.25) is 29.5 Å². The molecule has 0 bridgehead atoms. The molecule has 0 radical (unpaired) electrons. The van der Waals surface area contributed by atoms with Gasteiger partial charge in [-0.05, 0) is 61.0 Å². The molecule has 378 valence electrons. The van der Waals surface area contributed by atoms with E-state index in [1.165, 1.54) is 36.2 Å². The molecule has 4 rings (SSSR count). The number of amides is 7. The zero-order valence-corrected chi connectivity index (χ0v) is 42.5. The van der Waals surface area contributed by atoms with Crippen molar-refractivity contribution in [2.24, 2.45) is 29.6 Å². The fourth-order valence-electron chi connectivity index (χ4n) is 10.00. The van der Waals surface area contributed by atoms with Crippen LogP contribution in [0, 0.1) is 29.6 Å². The first-order valence-electron chi connectivity index (χ1n) is 24.1. The zero-order valence-electron chi connectivity index (χ0n) is 41.7. The molecule has 3 aliphatic rings. The molecule has 0 spiro atoms. The summed E-state index contributed by atoms with van der Waals surface area (Å²) in [5.41, 5.74) is 0.579. The summed E-state index contributed by atoms with van der Waals surface area (Å²) in [6.07, 6.45) is 4.75. The topological polar surface area (TPSA) is 212 Å². The lowest BCUT2D eigenvalue weighted by Crippen LogP contribution is -2.60. The fraction of sp³-hybridized carbons (Fsp3) is 0.680. The summed E-state index contributed by atoms with van der Waals surface area (Å²) in [6, 6.07) is 2.63. The molecule has 17 nitrogen and oxygen atoms in total. The van der Waals surface area contributed by atoms with Gasteiger partial charge < -0.3 is 39.9 Å². The van der Waals surface area contributed by atoms with Crippen LogP contribution in [-0.2, 0) is 54.3 Å². The van der Waals surface area contributed by atoms with Gasteiger partial charge in [0.05, 0.1) is 36.6 Å². The van der Waals surface area contributed by atoms with Gasteiger partial charge in [0.15, 0.2) is 0 Å². The van der Waals surface area contributed by atoms with E-state index in [-0.39, 0.29) is 85.1 Å². The van der Waals surface area contributed by atoms with E-state index in [9.17, 15) is 43.5 Å². The van der Waals surface area contributed by atoms with Gasteiger partial charge in [0.25, 0.3) is 11.8 Å². The number of aliphatic carboxylic acids is 1. The second-order valence-electron chi connectivity index (χ2n) is 19.6. The van der Waals surface area contributed by atoms with E-state index < -0.39 is 66.1 Å². The Morgan fingerprint density at radius 3 is 2.06 bits per heavy atom. The Hall–Kier alpha value is -4.87. The smallest absolute Gasteiger partial charge is 0.326 e. The van der Waals surface area contributed by atoms with Gasteiger partial charge in [-0.1, -0.05) is 91.1 Å². The number of carbonyl (C=O) groups excluding carboxylic acids is 7. The molecule has 18 heteroatoms. The highest BCUT2D eigenvalue weighted by atomic mass is 35.5. The van der Waals surface area contributed by atoms with Crippen molar-refractivity contribution in [1.82, 2.24) is 30.2 Å². The van der Waals surface area contributed by atoms with E-state index in [1.807, 2.05) is 41.5 Å². The summed E-state index contributed by atoms with van der Waals surface area (Å²) in [5.74, 6) is -5.12. The van der Waals surface area contributed by atoms with Gasteiger partial charge in [0, 0.05) is 70.9 Å². The summed E-state index contributed by atoms with van der Waals surface area (Å²) < 4.78 is 12.0. The first-order valence-corrected chi connectivity index (χ1v) is 24.5. The number of nitrogens with zero attached hydrogens (tertiary/aromatic N) is 4. The Balaban J connectivity index is 1.44. The van der Waals surface area contributed by atoms with Gasteiger partial charge >= 0.3 is 5.97 Å². The number of unbranched alkanes of at least 4 members (excludes halogenated alkanes) is 2. The Bertz CT molecular complexity index is 2000. The molecule has 11 atom stereocenters. The Morgan fingerprint density at radius 1 is 0.853 bits per heavy atom. The molecule has 1 aliphatic carbocycles. The number of likely N-dealkylation sites (N-methyl/N-ethyl adjacent to an activating group) is 2. The lowest BCUT2D eigenvalue weighted by molar-refractivity contribution is -0.149. The molecule has 1 aromatic carbocycles. The van der Waals surface area contributed by atoms with Crippen LogP contribution in [-0.4, -0.2) is 155 Å². The SMILES string of the molecule is CCC(C)C(C(CC(=O)N1[C@H](C(OC)C(C)C(=O)NC(Cc2ccccc2Cl)C(=O)O)C[C@@H]2C[C@@H]21)OC)N(C)C(=O)C(NC(=O)C(C(C)C)N(C)C(=O)CCCCCN1C(=O)C=CC1=O)C(C)C. The van der Waals surface area contributed by atoms with Crippen LogP contribution in [0.25, 0.3) is 0 Å². The van der Waals surface area contributed by atoms with E-state index in [2.05, 4.69) is 10.6 Å². The minimum absolute atomic E-state index is 0.0194. The average molecular weight is 972 g/mol. The highest BCUT2D eigenvalue weighted by Crippen LogP contribution is 2.50. The van der Waals surface area contributed by atoms with Crippen molar-refractivity contribution < 1.29 is 52.9 Å². The first kappa shape index (κ1) is 55.7. The number of halogens is 1. The normalized spacial score (nSPS) is 21.1. The number of fused-ring (bicyclic) bond motifs is 1. The van der Waals surface area contributed by atoms with Crippen LogP contribution in [0.3, 0.4) is 0 Å². The number of benzene rings is 1. The van der Waals surface area contributed by atoms with E-state index in [0.717, 1.165) is 6.42 Å². The molecule has 3 N–H and O–H groups in total. The number of hydrogen-bond donors (Lipinski definition) is 3. The Morgan fingerprint density at radius 2 is 1.50 bits per heavy atom. The first-order chi connectivity index (χ1) is 32.1. The van der Waals surface area contributed by atoms with Crippen molar-refractivity contribution in [3.63, 3.8) is 0 Å². The van der Waals surface area contributed by atoms with Crippen LogP contribution in [0.2, 0.25) is 5.02 Å². The number of carboxylic acid groups (broad SMARTS) is 1. The quantitative estimate of drug-likeness (QED) is 0.0827. The van der Waals surface area contributed by atoms with Crippen molar-refractivity contribution >= 4 is 58.9 Å².